The highest BCUT2D eigenvalue weighted by Crippen LogP contribution is 2.21. The molecule has 0 aliphatic rings. The first kappa shape index (κ1) is 20.9. The van der Waals surface area contributed by atoms with Crippen LogP contribution in [0.15, 0.2) is 53.4 Å². The van der Waals surface area contributed by atoms with Crippen LogP contribution in [0, 0.1) is 0 Å². The lowest BCUT2D eigenvalue weighted by Crippen LogP contribution is -2.25. The standard InChI is InChI=1S/C20H26N2O4S/c1-15(17-7-9-18(26-2)10-8-17)14-20(23)22-13-3-4-16-5-11-19(12-6-16)27(21,24)25/h5-12,15H,3-4,13-14H2,1-2H3,(H,22,23)(H2,21,24,25). The van der Waals surface area contributed by atoms with E-state index in [1.807, 2.05) is 31.2 Å². The maximum Gasteiger partial charge on any atom is 0.238 e. The van der Waals surface area contributed by atoms with Crippen LogP contribution in [0.25, 0.3) is 0 Å². The lowest BCUT2D eigenvalue weighted by atomic mass is 9.97. The maximum absolute atomic E-state index is 12.1. The summed E-state index contributed by atoms with van der Waals surface area (Å²) in [5.41, 5.74) is 2.10. The molecule has 2 aromatic rings. The number of carbonyl (C=O) groups excluding carboxylic acids is 1. The van der Waals surface area contributed by atoms with Crippen LogP contribution in [0.2, 0.25) is 0 Å². The molecule has 0 saturated heterocycles. The van der Waals surface area contributed by atoms with Gasteiger partial charge in [-0.3, -0.25) is 4.79 Å². The fourth-order valence-electron chi connectivity index (χ4n) is 2.77. The molecule has 0 saturated carbocycles. The average molecular weight is 391 g/mol. The molecule has 0 bridgehead atoms. The minimum atomic E-state index is -3.66. The summed E-state index contributed by atoms with van der Waals surface area (Å²) in [6, 6.07) is 14.2. The number of rotatable bonds is 9. The van der Waals surface area contributed by atoms with Crippen LogP contribution < -0.4 is 15.2 Å². The lowest BCUT2D eigenvalue weighted by molar-refractivity contribution is -0.121. The third kappa shape index (κ3) is 6.69. The second kappa shape index (κ2) is 9.53. The summed E-state index contributed by atoms with van der Waals surface area (Å²) in [7, 11) is -2.03. The van der Waals surface area contributed by atoms with Gasteiger partial charge in [0, 0.05) is 13.0 Å². The van der Waals surface area contributed by atoms with Gasteiger partial charge in [0.1, 0.15) is 5.75 Å². The molecule has 0 aliphatic carbocycles. The van der Waals surface area contributed by atoms with Gasteiger partial charge in [0.15, 0.2) is 0 Å². The predicted molar refractivity (Wildman–Crippen MR) is 105 cm³/mol. The van der Waals surface area contributed by atoms with Crippen molar-refractivity contribution in [2.24, 2.45) is 5.14 Å². The van der Waals surface area contributed by atoms with Crippen molar-refractivity contribution in [2.75, 3.05) is 13.7 Å². The Morgan fingerprint density at radius 3 is 2.30 bits per heavy atom. The fourth-order valence-corrected chi connectivity index (χ4v) is 3.28. The number of methoxy groups -OCH3 is 1. The quantitative estimate of drug-likeness (QED) is 0.643. The summed E-state index contributed by atoms with van der Waals surface area (Å²) in [6.07, 6.45) is 1.95. The van der Waals surface area contributed by atoms with Crippen LogP contribution in [0.3, 0.4) is 0 Å². The molecule has 0 spiro atoms. The number of hydrogen-bond acceptors (Lipinski definition) is 4. The van der Waals surface area contributed by atoms with Crippen LogP contribution >= 0.6 is 0 Å². The van der Waals surface area contributed by atoms with Crippen molar-refractivity contribution in [1.82, 2.24) is 5.32 Å². The number of nitrogens with one attached hydrogen (secondary N) is 1. The zero-order chi connectivity index (χ0) is 19.9. The Hall–Kier alpha value is -2.38. The highest BCUT2D eigenvalue weighted by atomic mass is 32.2. The molecule has 1 atom stereocenters. The number of hydrogen-bond donors (Lipinski definition) is 2. The number of primary sulfonamides is 1. The highest BCUT2D eigenvalue weighted by Gasteiger charge is 2.11. The molecular weight excluding hydrogens is 364 g/mol. The molecule has 0 fully saturated rings. The third-order valence-corrected chi connectivity index (χ3v) is 5.32. The van der Waals surface area contributed by atoms with Crippen molar-refractivity contribution in [3.05, 3.63) is 59.7 Å². The van der Waals surface area contributed by atoms with Crippen LogP contribution in [-0.2, 0) is 21.2 Å². The molecule has 1 amide bonds. The van der Waals surface area contributed by atoms with Gasteiger partial charge in [-0.2, -0.15) is 0 Å². The van der Waals surface area contributed by atoms with Crippen LogP contribution in [0.4, 0.5) is 0 Å². The Labute approximate surface area is 160 Å². The summed E-state index contributed by atoms with van der Waals surface area (Å²) in [5, 5.41) is 8.01. The van der Waals surface area contributed by atoms with E-state index in [1.54, 1.807) is 19.2 Å². The van der Waals surface area contributed by atoms with Gasteiger partial charge in [0.05, 0.1) is 12.0 Å². The van der Waals surface area contributed by atoms with Gasteiger partial charge in [-0.05, 0) is 54.2 Å². The van der Waals surface area contributed by atoms with Gasteiger partial charge in [-0.15, -0.1) is 0 Å². The number of amides is 1. The first-order valence-corrected chi connectivity index (χ1v) is 10.4. The van der Waals surface area contributed by atoms with Crippen LogP contribution in [-0.4, -0.2) is 28.0 Å². The largest absolute Gasteiger partial charge is 0.497 e. The number of carbonyl (C=O) groups is 1. The van der Waals surface area contributed by atoms with E-state index in [4.69, 9.17) is 9.88 Å². The molecule has 0 heterocycles. The lowest BCUT2D eigenvalue weighted by Gasteiger charge is -2.13. The van der Waals surface area contributed by atoms with Crippen LogP contribution in [0.5, 0.6) is 5.75 Å². The average Bonchev–Trinajstić information content (AvgIpc) is 2.65. The van der Waals surface area contributed by atoms with Crippen molar-refractivity contribution in [2.45, 2.75) is 37.0 Å². The molecule has 146 valence electrons. The zero-order valence-electron chi connectivity index (χ0n) is 15.6. The van der Waals surface area contributed by atoms with Gasteiger partial charge in [-0.1, -0.05) is 31.2 Å². The van der Waals surface area contributed by atoms with Crippen molar-refractivity contribution < 1.29 is 17.9 Å². The minimum Gasteiger partial charge on any atom is -0.497 e. The molecule has 1 unspecified atom stereocenters. The summed E-state index contributed by atoms with van der Waals surface area (Å²) in [6.45, 7) is 2.60. The smallest absolute Gasteiger partial charge is 0.238 e. The van der Waals surface area contributed by atoms with E-state index in [0.29, 0.717) is 13.0 Å². The summed E-state index contributed by atoms with van der Waals surface area (Å²) in [5.74, 6) is 0.942. The zero-order valence-corrected chi connectivity index (χ0v) is 16.5. The van der Waals surface area contributed by atoms with Crippen LogP contribution in [0.1, 0.15) is 36.8 Å². The predicted octanol–water partition coefficient (Wildman–Crippen LogP) is 2.59. The summed E-state index contributed by atoms with van der Waals surface area (Å²) in [4.78, 5) is 12.2. The molecule has 3 N–H and O–H groups in total. The first-order valence-electron chi connectivity index (χ1n) is 8.82. The van der Waals surface area contributed by atoms with Crippen molar-refractivity contribution >= 4 is 15.9 Å². The van der Waals surface area contributed by atoms with E-state index < -0.39 is 10.0 Å². The van der Waals surface area contributed by atoms with E-state index in [9.17, 15) is 13.2 Å². The summed E-state index contributed by atoms with van der Waals surface area (Å²) >= 11 is 0. The monoisotopic (exact) mass is 390 g/mol. The number of ether oxygens (including phenoxy) is 1. The van der Waals surface area contributed by atoms with E-state index in [0.717, 1.165) is 29.7 Å². The Bertz CT molecular complexity index is 847. The van der Waals surface area contributed by atoms with Gasteiger partial charge in [-0.25, -0.2) is 13.6 Å². The second-order valence-corrected chi connectivity index (χ2v) is 8.08. The Morgan fingerprint density at radius 1 is 1.11 bits per heavy atom. The fraction of sp³-hybridized carbons (Fsp3) is 0.350. The molecule has 2 rings (SSSR count). The van der Waals surface area contributed by atoms with Crippen molar-refractivity contribution in [1.29, 1.82) is 0 Å². The van der Waals surface area contributed by atoms with Gasteiger partial charge < -0.3 is 10.1 Å². The molecule has 0 radical (unpaired) electrons. The SMILES string of the molecule is COc1ccc(C(C)CC(=O)NCCCc2ccc(S(N)(=O)=O)cc2)cc1. The van der Waals surface area contributed by atoms with E-state index >= 15 is 0 Å². The molecular formula is C20H26N2O4S. The molecule has 0 aromatic heterocycles. The Balaban J connectivity index is 1.72. The number of sulfonamides is 1. The normalized spacial score (nSPS) is 12.4. The highest BCUT2D eigenvalue weighted by molar-refractivity contribution is 7.89. The first-order chi connectivity index (χ1) is 12.8. The van der Waals surface area contributed by atoms with E-state index in [-0.39, 0.29) is 16.7 Å². The molecule has 0 aliphatic heterocycles. The molecule has 27 heavy (non-hydrogen) atoms. The second-order valence-electron chi connectivity index (χ2n) is 6.52. The topological polar surface area (TPSA) is 98.5 Å². The van der Waals surface area contributed by atoms with Gasteiger partial charge >= 0.3 is 0 Å². The van der Waals surface area contributed by atoms with Crippen molar-refractivity contribution in [3.63, 3.8) is 0 Å². The number of benzene rings is 2. The maximum atomic E-state index is 12.1. The van der Waals surface area contributed by atoms with Gasteiger partial charge in [0.2, 0.25) is 15.9 Å². The number of aryl methyl sites for hydroxylation is 1. The van der Waals surface area contributed by atoms with Crippen molar-refractivity contribution in [3.8, 4) is 5.75 Å². The summed E-state index contributed by atoms with van der Waals surface area (Å²) < 4.78 is 27.6. The molecule has 7 heteroatoms. The Morgan fingerprint density at radius 2 is 1.74 bits per heavy atom. The number of nitrogens with two attached hydrogens (primary N) is 1. The van der Waals surface area contributed by atoms with Gasteiger partial charge in [0.25, 0.3) is 0 Å². The third-order valence-electron chi connectivity index (χ3n) is 4.39. The Kier molecular flexibility index (Phi) is 7.38. The van der Waals surface area contributed by atoms with E-state index in [2.05, 4.69) is 5.32 Å². The molecule has 6 nitrogen and oxygen atoms in total. The minimum absolute atomic E-state index is 0.0166. The molecule has 2 aromatic carbocycles. The van der Waals surface area contributed by atoms with E-state index in [1.165, 1.54) is 12.1 Å².